The smallest absolute Gasteiger partial charge is 0.176 e. The van der Waals surface area contributed by atoms with E-state index in [1.807, 2.05) is 35.2 Å². The lowest BCUT2D eigenvalue weighted by Gasteiger charge is -2.02. The summed E-state index contributed by atoms with van der Waals surface area (Å²) < 4.78 is 1.95. The van der Waals surface area contributed by atoms with E-state index in [0.29, 0.717) is 6.54 Å². The number of rotatable bonds is 3. The minimum Gasteiger partial charge on any atom is -0.385 e. The maximum Gasteiger partial charge on any atom is 0.176 e. The zero-order valence-electron chi connectivity index (χ0n) is 8.31. The highest BCUT2D eigenvalue weighted by Gasteiger charge is 2.09. The van der Waals surface area contributed by atoms with Gasteiger partial charge in [-0.05, 0) is 11.5 Å². The number of benzene rings is 1. The van der Waals surface area contributed by atoms with Gasteiger partial charge in [0.1, 0.15) is 6.10 Å². The van der Waals surface area contributed by atoms with Gasteiger partial charge >= 0.3 is 0 Å². The fourth-order valence-electron chi connectivity index (χ4n) is 1.58. The van der Waals surface area contributed by atoms with Crippen LogP contribution in [0.3, 0.4) is 0 Å². The van der Waals surface area contributed by atoms with Gasteiger partial charge in [-0.2, -0.15) is 0 Å². The summed E-state index contributed by atoms with van der Waals surface area (Å²) in [5.41, 5.74) is 0. The molecule has 0 aliphatic carbocycles. The SMILES string of the molecule is O[C@@H](CCl)C[n+]1ccc2ccccc2c1. The van der Waals surface area contributed by atoms with Crippen molar-refractivity contribution >= 4 is 22.4 Å². The molecule has 0 unspecified atom stereocenters. The van der Waals surface area contributed by atoms with Crippen molar-refractivity contribution in [1.29, 1.82) is 0 Å². The van der Waals surface area contributed by atoms with Gasteiger partial charge in [0.15, 0.2) is 18.9 Å². The third-order valence-electron chi connectivity index (χ3n) is 2.35. The van der Waals surface area contributed by atoms with Gasteiger partial charge in [0, 0.05) is 11.5 Å². The van der Waals surface area contributed by atoms with Crippen LogP contribution in [0.15, 0.2) is 42.7 Å². The van der Waals surface area contributed by atoms with Crippen LogP contribution in [0.25, 0.3) is 10.8 Å². The van der Waals surface area contributed by atoms with E-state index >= 15 is 0 Å². The number of pyridine rings is 1. The number of aliphatic hydroxyl groups is 1. The van der Waals surface area contributed by atoms with Gasteiger partial charge in [-0.1, -0.05) is 18.2 Å². The summed E-state index contributed by atoms with van der Waals surface area (Å²) >= 11 is 5.56. The van der Waals surface area contributed by atoms with Gasteiger partial charge < -0.3 is 5.11 Å². The molecule has 0 aliphatic rings. The molecule has 78 valence electrons. The number of hydrogen-bond acceptors (Lipinski definition) is 1. The van der Waals surface area contributed by atoms with Gasteiger partial charge in [0.2, 0.25) is 0 Å². The Balaban J connectivity index is 2.30. The molecule has 2 nitrogen and oxygen atoms in total. The molecule has 15 heavy (non-hydrogen) atoms. The second-order valence-electron chi connectivity index (χ2n) is 3.58. The Morgan fingerprint density at radius 1 is 1.20 bits per heavy atom. The quantitative estimate of drug-likeness (QED) is 0.621. The first-order valence-electron chi connectivity index (χ1n) is 4.91. The molecule has 1 aromatic heterocycles. The van der Waals surface area contributed by atoms with Gasteiger partial charge in [0.05, 0.1) is 5.88 Å². The van der Waals surface area contributed by atoms with E-state index < -0.39 is 6.10 Å². The third kappa shape index (κ3) is 2.46. The van der Waals surface area contributed by atoms with E-state index in [2.05, 4.69) is 12.1 Å². The zero-order valence-corrected chi connectivity index (χ0v) is 9.06. The first-order chi connectivity index (χ1) is 7.29. The Hall–Kier alpha value is -1.12. The standard InChI is InChI=1S/C12H13ClNO/c13-7-12(15)9-14-6-5-10-3-1-2-4-11(10)8-14/h1-6,8,12,15H,7,9H2/q+1/t12-/m0/s1. The van der Waals surface area contributed by atoms with Crippen molar-refractivity contribution in [3.05, 3.63) is 42.7 Å². The molecule has 0 saturated carbocycles. The van der Waals surface area contributed by atoms with Crippen molar-refractivity contribution in [1.82, 2.24) is 0 Å². The molecule has 0 bridgehead atoms. The lowest BCUT2D eigenvalue weighted by Crippen LogP contribution is -2.39. The largest absolute Gasteiger partial charge is 0.385 e. The maximum absolute atomic E-state index is 9.43. The van der Waals surface area contributed by atoms with Crippen LogP contribution in [0.1, 0.15) is 0 Å². The second kappa shape index (κ2) is 4.60. The Morgan fingerprint density at radius 3 is 2.67 bits per heavy atom. The van der Waals surface area contributed by atoms with E-state index in [4.69, 9.17) is 11.6 Å². The summed E-state index contributed by atoms with van der Waals surface area (Å²) in [7, 11) is 0. The Bertz CT molecular complexity index is 458. The first kappa shape index (κ1) is 10.4. The Morgan fingerprint density at radius 2 is 1.93 bits per heavy atom. The third-order valence-corrected chi connectivity index (χ3v) is 2.70. The van der Waals surface area contributed by atoms with Crippen LogP contribution in [0.5, 0.6) is 0 Å². The molecule has 2 rings (SSSR count). The molecule has 0 saturated heterocycles. The number of nitrogens with zero attached hydrogens (tertiary/aromatic N) is 1. The van der Waals surface area contributed by atoms with Crippen LogP contribution in [0.4, 0.5) is 0 Å². The van der Waals surface area contributed by atoms with Gasteiger partial charge in [-0.3, -0.25) is 0 Å². The average Bonchev–Trinajstić information content (AvgIpc) is 2.29. The van der Waals surface area contributed by atoms with E-state index in [-0.39, 0.29) is 5.88 Å². The second-order valence-corrected chi connectivity index (χ2v) is 3.89. The summed E-state index contributed by atoms with van der Waals surface area (Å²) in [4.78, 5) is 0. The molecule has 2 aromatic rings. The van der Waals surface area contributed by atoms with Gasteiger partial charge in [-0.15, -0.1) is 11.6 Å². The fourth-order valence-corrected chi connectivity index (χ4v) is 1.68. The Labute approximate surface area is 93.7 Å². The summed E-state index contributed by atoms with van der Waals surface area (Å²) in [6.07, 6.45) is 3.49. The molecule has 0 radical (unpaired) electrons. The van der Waals surface area contributed by atoms with E-state index in [1.165, 1.54) is 10.8 Å². The van der Waals surface area contributed by atoms with Crippen molar-refractivity contribution in [3.63, 3.8) is 0 Å². The van der Waals surface area contributed by atoms with Crippen molar-refractivity contribution < 1.29 is 9.67 Å². The first-order valence-corrected chi connectivity index (χ1v) is 5.45. The lowest BCUT2D eigenvalue weighted by atomic mass is 10.2. The molecule has 1 aromatic carbocycles. The number of fused-ring (bicyclic) bond motifs is 1. The highest BCUT2D eigenvalue weighted by molar-refractivity contribution is 6.18. The number of hydrogen-bond donors (Lipinski definition) is 1. The summed E-state index contributed by atoms with van der Waals surface area (Å²) in [5, 5.41) is 11.8. The highest BCUT2D eigenvalue weighted by Crippen LogP contribution is 2.09. The minimum atomic E-state index is -0.488. The number of aliphatic hydroxyl groups excluding tert-OH is 1. The lowest BCUT2D eigenvalue weighted by molar-refractivity contribution is -0.701. The monoisotopic (exact) mass is 222 g/mol. The Kier molecular flexibility index (Phi) is 3.19. The maximum atomic E-state index is 9.43. The fraction of sp³-hybridized carbons (Fsp3) is 0.250. The van der Waals surface area contributed by atoms with Crippen molar-refractivity contribution in [2.24, 2.45) is 0 Å². The van der Waals surface area contributed by atoms with Crippen LogP contribution in [-0.4, -0.2) is 17.1 Å². The molecule has 1 heterocycles. The highest BCUT2D eigenvalue weighted by atomic mass is 35.5. The van der Waals surface area contributed by atoms with E-state index in [9.17, 15) is 5.11 Å². The molecule has 0 amide bonds. The van der Waals surface area contributed by atoms with E-state index in [0.717, 1.165) is 0 Å². The molecule has 0 aliphatic heterocycles. The molecule has 0 fully saturated rings. The minimum absolute atomic E-state index is 0.264. The molecule has 1 N–H and O–H groups in total. The number of aromatic nitrogens is 1. The van der Waals surface area contributed by atoms with Crippen molar-refractivity contribution in [2.45, 2.75) is 12.6 Å². The summed E-state index contributed by atoms with van der Waals surface area (Å²) in [6.45, 7) is 0.536. The molecular formula is C12H13ClNO+. The molecule has 3 heteroatoms. The van der Waals surface area contributed by atoms with Crippen LogP contribution in [0.2, 0.25) is 0 Å². The van der Waals surface area contributed by atoms with Crippen LogP contribution in [-0.2, 0) is 6.54 Å². The van der Waals surface area contributed by atoms with E-state index in [1.54, 1.807) is 0 Å². The summed E-state index contributed by atoms with van der Waals surface area (Å²) in [6, 6.07) is 10.2. The predicted octanol–water partition coefficient (Wildman–Crippen LogP) is 1.73. The van der Waals surface area contributed by atoms with Gasteiger partial charge in [-0.25, -0.2) is 4.57 Å². The molecule has 1 atom stereocenters. The molecule has 0 spiro atoms. The van der Waals surface area contributed by atoms with Crippen LogP contribution in [0, 0.1) is 0 Å². The average molecular weight is 223 g/mol. The van der Waals surface area contributed by atoms with Crippen molar-refractivity contribution in [3.8, 4) is 0 Å². The number of alkyl halides is 1. The van der Waals surface area contributed by atoms with Crippen LogP contribution < -0.4 is 4.57 Å². The van der Waals surface area contributed by atoms with Crippen molar-refractivity contribution in [2.75, 3.05) is 5.88 Å². The molecular weight excluding hydrogens is 210 g/mol. The number of halogens is 1. The normalized spacial score (nSPS) is 12.9. The van der Waals surface area contributed by atoms with Gasteiger partial charge in [0.25, 0.3) is 0 Å². The van der Waals surface area contributed by atoms with Crippen LogP contribution >= 0.6 is 11.6 Å². The predicted molar refractivity (Wildman–Crippen MR) is 60.9 cm³/mol. The topological polar surface area (TPSA) is 24.1 Å². The summed E-state index contributed by atoms with van der Waals surface area (Å²) in [5.74, 6) is 0.264. The zero-order chi connectivity index (χ0) is 10.7.